The Kier molecular flexibility index (Phi) is 3.91. The molecule has 0 fully saturated rings. The average Bonchev–Trinajstić information content (AvgIpc) is 2.46. The van der Waals surface area contributed by atoms with E-state index >= 15 is 0 Å². The van der Waals surface area contributed by atoms with Gasteiger partial charge in [-0.1, -0.05) is 30.3 Å². The van der Waals surface area contributed by atoms with E-state index in [9.17, 15) is 4.79 Å². The first-order valence-electron chi connectivity index (χ1n) is 5.74. The van der Waals surface area contributed by atoms with Gasteiger partial charge in [-0.05, 0) is 23.3 Å². The highest BCUT2D eigenvalue weighted by Crippen LogP contribution is 2.20. The number of benzene rings is 1. The van der Waals surface area contributed by atoms with Gasteiger partial charge in [0.1, 0.15) is 0 Å². The number of carbonyl (C=O) groups excluding carboxylic acids is 1. The molecule has 1 aromatic heterocycles. The molecule has 2 amide bonds. The van der Waals surface area contributed by atoms with Gasteiger partial charge in [-0.3, -0.25) is 4.98 Å². The molecule has 0 saturated carbocycles. The van der Waals surface area contributed by atoms with Crippen LogP contribution in [0.25, 0.3) is 0 Å². The van der Waals surface area contributed by atoms with Crippen LogP contribution in [-0.4, -0.2) is 18.1 Å². The summed E-state index contributed by atoms with van der Waals surface area (Å²) in [6.45, 7) is 0. The van der Waals surface area contributed by atoms with Gasteiger partial charge in [0.25, 0.3) is 0 Å². The van der Waals surface area contributed by atoms with Crippen molar-refractivity contribution in [2.24, 2.45) is 0 Å². The molecule has 0 saturated heterocycles. The quantitative estimate of drug-likeness (QED) is 0.864. The standard InChI is InChI=1S/C14H15N3O/c1-15-14(18)17-13(11-5-3-2-4-6-11)12-7-9-16-10-8-12/h2-10,13H,1H3,(H2,15,17,18). The first-order valence-corrected chi connectivity index (χ1v) is 5.74. The molecule has 0 aliphatic rings. The zero-order valence-electron chi connectivity index (χ0n) is 10.1. The number of amides is 2. The molecule has 18 heavy (non-hydrogen) atoms. The Morgan fingerprint density at radius 3 is 2.28 bits per heavy atom. The molecule has 2 aromatic rings. The summed E-state index contributed by atoms with van der Waals surface area (Å²) in [5.74, 6) is 0. The van der Waals surface area contributed by atoms with Crippen molar-refractivity contribution >= 4 is 6.03 Å². The highest BCUT2D eigenvalue weighted by molar-refractivity contribution is 5.74. The van der Waals surface area contributed by atoms with Gasteiger partial charge >= 0.3 is 6.03 Å². The average molecular weight is 241 g/mol. The molecule has 2 rings (SSSR count). The van der Waals surface area contributed by atoms with Crippen LogP contribution in [0.15, 0.2) is 54.9 Å². The number of aromatic nitrogens is 1. The van der Waals surface area contributed by atoms with Crippen LogP contribution in [0.4, 0.5) is 4.79 Å². The Morgan fingerprint density at radius 1 is 1.06 bits per heavy atom. The maximum atomic E-state index is 11.5. The smallest absolute Gasteiger partial charge is 0.315 e. The molecule has 0 spiro atoms. The van der Waals surface area contributed by atoms with Crippen LogP contribution in [0, 0.1) is 0 Å². The van der Waals surface area contributed by atoms with Gasteiger partial charge in [0.2, 0.25) is 0 Å². The van der Waals surface area contributed by atoms with Gasteiger partial charge in [0.15, 0.2) is 0 Å². The predicted octanol–water partition coefficient (Wildman–Crippen LogP) is 2.10. The van der Waals surface area contributed by atoms with Crippen LogP contribution in [0.5, 0.6) is 0 Å². The van der Waals surface area contributed by atoms with Crippen molar-refractivity contribution in [3.63, 3.8) is 0 Å². The van der Waals surface area contributed by atoms with Crippen LogP contribution < -0.4 is 10.6 Å². The molecule has 4 nitrogen and oxygen atoms in total. The van der Waals surface area contributed by atoms with E-state index in [1.807, 2.05) is 42.5 Å². The summed E-state index contributed by atoms with van der Waals surface area (Å²) in [7, 11) is 1.60. The lowest BCUT2D eigenvalue weighted by Gasteiger charge is -2.19. The van der Waals surface area contributed by atoms with Crippen molar-refractivity contribution in [1.29, 1.82) is 0 Å². The molecule has 0 radical (unpaired) electrons. The Hall–Kier alpha value is -2.36. The van der Waals surface area contributed by atoms with E-state index in [-0.39, 0.29) is 12.1 Å². The topological polar surface area (TPSA) is 54.0 Å². The zero-order valence-corrected chi connectivity index (χ0v) is 10.1. The van der Waals surface area contributed by atoms with Crippen molar-refractivity contribution in [3.8, 4) is 0 Å². The van der Waals surface area contributed by atoms with E-state index in [1.54, 1.807) is 19.4 Å². The van der Waals surface area contributed by atoms with E-state index in [1.165, 1.54) is 0 Å². The fourth-order valence-electron chi connectivity index (χ4n) is 1.76. The van der Waals surface area contributed by atoms with Gasteiger partial charge in [0, 0.05) is 19.4 Å². The monoisotopic (exact) mass is 241 g/mol. The van der Waals surface area contributed by atoms with Crippen LogP contribution in [0.1, 0.15) is 17.2 Å². The second kappa shape index (κ2) is 5.82. The third kappa shape index (κ3) is 2.85. The van der Waals surface area contributed by atoms with Crippen molar-refractivity contribution in [2.45, 2.75) is 6.04 Å². The Labute approximate surface area is 106 Å². The summed E-state index contributed by atoms with van der Waals surface area (Å²) in [5.41, 5.74) is 2.03. The second-order valence-electron chi connectivity index (χ2n) is 3.85. The molecule has 0 aliphatic carbocycles. The van der Waals surface area contributed by atoms with E-state index in [4.69, 9.17) is 0 Å². The largest absolute Gasteiger partial charge is 0.341 e. The number of urea groups is 1. The Morgan fingerprint density at radius 2 is 1.67 bits per heavy atom. The molecule has 1 atom stereocenters. The highest BCUT2D eigenvalue weighted by Gasteiger charge is 2.15. The fraction of sp³-hybridized carbons (Fsp3) is 0.143. The zero-order chi connectivity index (χ0) is 12.8. The minimum absolute atomic E-state index is 0.172. The summed E-state index contributed by atoms with van der Waals surface area (Å²) in [6, 6.07) is 13.2. The number of nitrogens with zero attached hydrogens (tertiary/aromatic N) is 1. The summed E-state index contributed by atoms with van der Waals surface area (Å²) >= 11 is 0. The second-order valence-corrected chi connectivity index (χ2v) is 3.85. The van der Waals surface area contributed by atoms with Gasteiger partial charge < -0.3 is 10.6 Å². The van der Waals surface area contributed by atoms with Crippen molar-refractivity contribution < 1.29 is 4.79 Å². The number of hydrogen-bond donors (Lipinski definition) is 2. The SMILES string of the molecule is CNC(=O)NC(c1ccccc1)c1ccncc1. The number of carbonyl (C=O) groups is 1. The summed E-state index contributed by atoms with van der Waals surface area (Å²) in [6.07, 6.45) is 3.44. The van der Waals surface area contributed by atoms with E-state index < -0.39 is 0 Å². The predicted molar refractivity (Wildman–Crippen MR) is 70.1 cm³/mol. The van der Waals surface area contributed by atoms with Crippen LogP contribution in [0.3, 0.4) is 0 Å². The van der Waals surface area contributed by atoms with Crippen molar-refractivity contribution in [1.82, 2.24) is 15.6 Å². The number of hydrogen-bond acceptors (Lipinski definition) is 2. The van der Waals surface area contributed by atoms with E-state index in [2.05, 4.69) is 15.6 Å². The third-order valence-electron chi connectivity index (χ3n) is 2.67. The molecule has 1 unspecified atom stereocenters. The lowest BCUT2D eigenvalue weighted by molar-refractivity contribution is 0.240. The van der Waals surface area contributed by atoms with Crippen molar-refractivity contribution in [3.05, 3.63) is 66.0 Å². The minimum atomic E-state index is -0.208. The Balaban J connectivity index is 2.32. The third-order valence-corrected chi connectivity index (χ3v) is 2.67. The molecule has 2 N–H and O–H groups in total. The van der Waals surface area contributed by atoms with E-state index in [0.29, 0.717) is 0 Å². The number of nitrogens with one attached hydrogen (secondary N) is 2. The normalized spacial score (nSPS) is 11.6. The fourth-order valence-corrected chi connectivity index (χ4v) is 1.76. The van der Waals surface area contributed by atoms with Gasteiger partial charge in [-0.25, -0.2) is 4.79 Å². The lowest BCUT2D eigenvalue weighted by atomic mass is 10.00. The first-order chi connectivity index (χ1) is 8.81. The van der Waals surface area contributed by atoms with E-state index in [0.717, 1.165) is 11.1 Å². The molecule has 0 aliphatic heterocycles. The lowest BCUT2D eigenvalue weighted by Crippen LogP contribution is -2.36. The highest BCUT2D eigenvalue weighted by atomic mass is 16.2. The van der Waals surface area contributed by atoms with Gasteiger partial charge in [0.05, 0.1) is 6.04 Å². The van der Waals surface area contributed by atoms with Gasteiger partial charge in [-0.15, -0.1) is 0 Å². The summed E-state index contributed by atoms with van der Waals surface area (Å²) in [5, 5.41) is 5.49. The Bertz CT molecular complexity index is 459. The maximum absolute atomic E-state index is 11.5. The van der Waals surface area contributed by atoms with Crippen LogP contribution in [-0.2, 0) is 0 Å². The van der Waals surface area contributed by atoms with Crippen molar-refractivity contribution in [2.75, 3.05) is 7.05 Å². The number of pyridine rings is 1. The summed E-state index contributed by atoms with van der Waals surface area (Å²) in [4.78, 5) is 15.5. The van der Waals surface area contributed by atoms with Crippen LogP contribution in [0.2, 0.25) is 0 Å². The molecule has 4 heteroatoms. The first kappa shape index (κ1) is 12.1. The molecule has 1 heterocycles. The molecular weight excluding hydrogens is 226 g/mol. The maximum Gasteiger partial charge on any atom is 0.315 e. The summed E-state index contributed by atoms with van der Waals surface area (Å²) < 4.78 is 0. The van der Waals surface area contributed by atoms with Gasteiger partial charge in [-0.2, -0.15) is 0 Å². The molecule has 1 aromatic carbocycles. The molecule has 0 bridgehead atoms. The van der Waals surface area contributed by atoms with Crippen LogP contribution >= 0.6 is 0 Å². The minimum Gasteiger partial charge on any atom is -0.341 e. The molecule has 92 valence electrons. The molecular formula is C14H15N3O. The number of rotatable bonds is 3.